The Balaban J connectivity index is 1.30. The van der Waals surface area contributed by atoms with Crippen LogP contribution in [0.25, 0.3) is 0 Å². The fourth-order valence-corrected chi connectivity index (χ4v) is 3.66. The summed E-state index contributed by atoms with van der Waals surface area (Å²) in [6, 6.07) is 12.3. The van der Waals surface area contributed by atoms with Gasteiger partial charge in [0.2, 0.25) is 0 Å². The van der Waals surface area contributed by atoms with Gasteiger partial charge >= 0.3 is 0 Å². The van der Waals surface area contributed by atoms with E-state index in [0.29, 0.717) is 29.8 Å². The van der Waals surface area contributed by atoms with Crippen LogP contribution in [0.3, 0.4) is 0 Å². The standard InChI is InChI=1S/C21H20FN3O3/c22-15-7-5-14(6-8-15)19(26)23-16-9-11-24(12-10-16)13-25-20(27)17-3-1-2-4-18(17)21(25)28/h1-8,16H,9-13H2,(H,23,26). The first-order valence-corrected chi connectivity index (χ1v) is 9.27. The van der Waals surface area contributed by atoms with Gasteiger partial charge in [-0.3, -0.25) is 24.2 Å². The maximum absolute atomic E-state index is 13.0. The van der Waals surface area contributed by atoms with Crippen molar-refractivity contribution in [3.8, 4) is 0 Å². The summed E-state index contributed by atoms with van der Waals surface area (Å²) in [7, 11) is 0. The quantitative estimate of drug-likeness (QED) is 0.825. The molecule has 1 saturated heterocycles. The van der Waals surface area contributed by atoms with Gasteiger partial charge in [0.25, 0.3) is 17.7 Å². The Labute approximate surface area is 161 Å². The van der Waals surface area contributed by atoms with Crippen LogP contribution in [0.5, 0.6) is 0 Å². The van der Waals surface area contributed by atoms with Gasteiger partial charge in [0.05, 0.1) is 17.8 Å². The molecule has 0 radical (unpaired) electrons. The molecule has 7 heteroatoms. The van der Waals surface area contributed by atoms with Crippen LogP contribution in [0, 0.1) is 5.82 Å². The summed E-state index contributed by atoms with van der Waals surface area (Å²) < 4.78 is 13.0. The fourth-order valence-electron chi connectivity index (χ4n) is 3.66. The number of amides is 3. The number of likely N-dealkylation sites (tertiary alicyclic amines) is 1. The summed E-state index contributed by atoms with van der Waals surface area (Å²) in [6.07, 6.45) is 1.44. The summed E-state index contributed by atoms with van der Waals surface area (Å²) in [5.74, 6) is -1.11. The second-order valence-corrected chi connectivity index (χ2v) is 7.10. The summed E-state index contributed by atoms with van der Waals surface area (Å²) in [6.45, 7) is 1.59. The normalized spacial score (nSPS) is 17.7. The number of fused-ring (bicyclic) bond motifs is 1. The second kappa shape index (κ2) is 7.52. The van der Waals surface area contributed by atoms with Gasteiger partial charge in [-0.25, -0.2) is 4.39 Å². The van der Waals surface area contributed by atoms with Crippen LogP contribution in [0.1, 0.15) is 43.9 Å². The van der Waals surface area contributed by atoms with Crippen LogP contribution in [0.15, 0.2) is 48.5 Å². The van der Waals surface area contributed by atoms with E-state index in [4.69, 9.17) is 0 Å². The summed E-state index contributed by atoms with van der Waals surface area (Å²) in [5.41, 5.74) is 1.33. The molecular formula is C21H20FN3O3. The number of nitrogens with one attached hydrogen (secondary N) is 1. The number of rotatable bonds is 4. The number of hydrogen-bond acceptors (Lipinski definition) is 4. The number of hydrogen-bond donors (Lipinski definition) is 1. The molecule has 0 spiro atoms. The van der Waals surface area contributed by atoms with Crippen LogP contribution in [0.2, 0.25) is 0 Å². The number of imide groups is 1. The van der Waals surface area contributed by atoms with Crippen LogP contribution >= 0.6 is 0 Å². The first-order chi connectivity index (χ1) is 13.5. The van der Waals surface area contributed by atoms with Gasteiger partial charge in [0, 0.05) is 24.7 Å². The molecule has 6 nitrogen and oxygen atoms in total. The smallest absolute Gasteiger partial charge is 0.262 e. The van der Waals surface area contributed by atoms with Gasteiger partial charge in [-0.2, -0.15) is 0 Å². The highest BCUT2D eigenvalue weighted by Crippen LogP contribution is 2.23. The Morgan fingerprint density at radius 2 is 1.54 bits per heavy atom. The third kappa shape index (κ3) is 3.53. The highest BCUT2D eigenvalue weighted by Gasteiger charge is 2.36. The fraction of sp³-hybridized carbons (Fsp3) is 0.286. The number of carbonyl (C=O) groups is 3. The van der Waals surface area contributed by atoms with Crippen molar-refractivity contribution in [2.24, 2.45) is 0 Å². The minimum Gasteiger partial charge on any atom is -0.349 e. The first-order valence-electron chi connectivity index (χ1n) is 9.27. The van der Waals surface area contributed by atoms with E-state index in [1.807, 2.05) is 4.90 Å². The van der Waals surface area contributed by atoms with Gasteiger partial charge < -0.3 is 5.32 Å². The van der Waals surface area contributed by atoms with E-state index in [1.165, 1.54) is 29.2 Å². The van der Waals surface area contributed by atoms with Crippen molar-refractivity contribution >= 4 is 17.7 Å². The van der Waals surface area contributed by atoms with Crippen LogP contribution in [0.4, 0.5) is 4.39 Å². The van der Waals surface area contributed by atoms with E-state index in [9.17, 15) is 18.8 Å². The number of nitrogens with zero attached hydrogens (tertiary/aromatic N) is 2. The maximum atomic E-state index is 13.0. The van der Waals surface area contributed by atoms with E-state index >= 15 is 0 Å². The first kappa shape index (κ1) is 18.3. The average molecular weight is 381 g/mol. The zero-order valence-corrected chi connectivity index (χ0v) is 15.2. The van der Waals surface area contributed by atoms with E-state index < -0.39 is 0 Å². The highest BCUT2D eigenvalue weighted by molar-refractivity contribution is 6.21. The highest BCUT2D eigenvalue weighted by atomic mass is 19.1. The van der Waals surface area contributed by atoms with E-state index in [1.54, 1.807) is 24.3 Å². The molecule has 0 unspecified atom stereocenters. The van der Waals surface area contributed by atoms with Gasteiger partial charge in [0.15, 0.2) is 0 Å². The molecule has 28 heavy (non-hydrogen) atoms. The minimum atomic E-state index is -0.377. The van der Waals surface area contributed by atoms with Gasteiger partial charge in [-0.1, -0.05) is 12.1 Å². The lowest BCUT2D eigenvalue weighted by Crippen LogP contribution is -2.49. The van der Waals surface area contributed by atoms with Crippen molar-refractivity contribution in [2.75, 3.05) is 19.8 Å². The Hall–Kier alpha value is -3.06. The Bertz CT molecular complexity index is 886. The third-order valence-electron chi connectivity index (χ3n) is 5.25. The molecule has 0 bridgehead atoms. The van der Waals surface area contributed by atoms with Crippen LogP contribution in [-0.4, -0.2) is 53.3 Å². The zero-order valence-electron chi connectivity index (χ0n) is 15.2. The van der Waals surface area contributed by atoms with E-state index in [2.05, 4.69) is 5.32 Å². The Morgan fingerprint density at radius 3 is 2.11 bits per heavy atom. The van der Waals surface area contributed by atoms with Gasteiger partial charge in [0.1, 0.15) is 5.82 Å². The Morgan fingerprint density at radius 1 is 0.964 bits per heavy atom. The summed E-state index contributed by atoms with van der Waals surface area (Å²) >= 11 is 0. The van der Waals surface area contributed by atoms with Crippen molar-refractivity contribution in [2.45, 2.75) is 18.9 Å². The van der Waals surface area contributed by atoms with Gasteiger partial charge in [-0.05, 0) is 49.2 Å². The van der Waals surface area contributed by atoms with E-state index in [-0.39, 0.29) is 36.2 Å². The minimum absolute atomic E-state index is 0.0102. The molecule has 0 aliphatic carbocycles. The second-order valence-electron chi connectivity index (χ2n) is 7.10. The molecule has 2 heterocycles. The lowest BCUT2D eigenvalue weighted by atomic mass is 10.0. The van der Waals surface area contributed by atoms with Crippen LogP contribution < -0.4 is 5.32 Å². The molecule has 0 aromatic heterocycles. The third-order valence-corrected chi connectivity index (χ3v) is 5.25. The van der Waals surface area contributed by atoms with Crippen molar-refractivity contribution in [3.05, 3.63) is 71.0 Å². The molecule has 1 N–H and O–H groups in total. The molecule has 2 aromatic carbocycles. The molecule has 0 saturated carbocycles. The van der Waals surface area contributed by atoms with Crippen LogP contribution in [-0.2, 0) is 0 Å². The SMILES string of the molecule is O=C(NC1CCN(CN2C(=O)c3ccccc3C2=O)CC1)c1ccc(F)cc1. The molecule has 2 aliphatic heterocycles. The molecule has 2 aromatic rings. The average Bonchev–Trinajstić information content (AvgIpc) is 2.95. The summed E-state index contributed by atoms with van der Waals surface area (Å²) in [4.78, 5) is 40.5. The topological polar surface area (TPSA) is 69.7 Å². The van der Waals surface area contributed by atoms with E-state index in [0.717, 1.165) is 12.8 Å². The molecule has 0 atom stereocenters. The predicted molar refractivity (Wildman–Crippen MR) is 100 cm³/mol. The zero-order chi connectivity index (χ0) is 19.7. The lowest BCUT2D eigenvalue weighted by molar-refractivity contribution is 0.0506. The molecule has 2 aliphatic rings. The monoisotopic (exact) mass is 381 g/mol. The number of halogens is 1. The number of piperidine rings is 1. The lowest BCUT2D eigenvalue weighted by Gasteiger charge is -2.34. The van der Waals surface area contributed by atoms with Crippen molar-refractivity contribution < 1.29 is 18.8 Å². The molecular weight excluding hydrogens is 361 g/mol. The predicted octanol–water partition coefficient (Wildman–Crippen LogP) is 2.27. The van der Waals surface area contributed by atoms with Crippen molar-refractivity contribution in [1.29, 1.82) is 0 Å². The van der Waals surface area contributed by atoms with Crippen molar-refractivity contribution in [1.82, 2.24) is 15.1 Å². The molecule has 1 fully saturated rings. The molecule has 4 rings (SSSR count). The largest absolute Gasteiger partial charge is 0.349 e. The van der Waals surface area contributed by atoms with Crippen molar-refractivity contribution in [3.63, 3.8) is 0 Å². The molecule has 3 amide bonds. The summed E-state index contributed by atoms with van der Waals surface area (Å²) in [5, 5.41) is 2.96. The maximum Gasteiger partial charge on any atom is 0.262 e. The number of benzene rings is 2. The molecule has 144 valence electrons. The van der Waals surface area contributed by atoms with Gasteiger partial charge in [-0.15, -0.1) is 0 Å². The number of carbonyl (C=O) groups excluding carboxylic acids is 3. The Kier molecular flexibility index (Phi) is 4.92.